The highest BCUT2D eigenvalue weighted by molar-refractivity contribution is 6.30. The van der Waals surface area contributed by atoms with Crippen molar-refractivity contribution in [2.24, 2.45) is 17.8 Å². The van der Waals surface area contributed by atoms with Gasteiger partial charge in [-0.1, -0.05) is 11.6 Å². The number of rotatable bonds is 6. The van der Waals surface area contributed by atoms with Crippen molar-refractivity contribution in [3.8, 4) is 5.88 Å². The fraction of sp³-hybridized carbons (Fsp3) is 0.579. The van der Waals surface area contributed by atoms with Crippen molar-refractivity contribution in [1.82, 2.24) is 19.9 Å². The molecule has 2 aliphatic rings. The van der Waals surface area contributed by atoms with Crippen molar-refractivity contribution in [3.05, 3.63) is 29.2 Å². The van der Waals surface area contributed by atoms with Gasteiger partial charge in [0.2, 0.25) is 17.8 Å². The van der Waals surface area contributed by atoms with Crippen LogP contribution in [0.3, 0.4) is 0 Å². The van der Waals surface area contributed by atoms with E-state index < -0.39 is 0 Å². The normalized spacial score (nSPS) is 22.7. The molecular weight excluding hydrogens is 364 g/mol. The van der Waals surface area contributed by atoms with Crippen LogP contribution in [0, 0.1) is 24.7 Å². The maximum Gasteiger partial charge on any atom is 0.225 e. The van der Waals surface area contributed by atoms with E-state index in [1.807, 2.05) is 13.0 Å². The van der Waals surface area contributed by atoms with E-state index in [9.17, 15) is 0 Å². The number of anilines is 2. The average Bonchev–Trinajstić information content (AvgIpc) is 3.41. The summed E-state index contributed by atoms with van der Waals surface area (Å²) in [6.07, 6.45) is 8.13. The largest absolute Gasteiger partial charge is 0.478 e. The Bertz CT molecular complexity index is 758. The number of aryl methyl sites for hydroxylation is 1. The number of hydrogen-bond acceptors (Lipinski definition) is 7. The van der Waals surface area contributed by atoms with E-state index in [0.29, 0.717) is 17.5 Å². The second-order valence-electron chi connectivity index (χ2n) is 7.53. The highest BCUT2D eigenvalue weighted by Gasteiger charge is 2.43. The molecule has 2 aromatic heterocycles. The number of nitrogen functional groups attached to an aromatic ring is 1. The molecule has 0 spiro atoms. The molecule has 2 N–H and O–H groups in total. The molecule has 1 aliphatic carbocycles. The summed E-state index contributed by atoms with van der Waals surface area (Å²) in [6, 6.07) is 1.83. The number of nitrogens with two attached hydrogens (primary N) is 1. The number of hydrogen-bond donors (Lipinski definition) is 1. The molecule has 2 fully saturated rings. The number of halogens is 1. The van der Waals surface area contributed by atoms with Crippen molar-refractivity contribution in [2.75, 3.05) is 30.3 Å². The molecule has 2 unspecified atom stereocenters. The lowest BCUT2D eigenvalue weighted by atomic mass is 9.90. The quantitative estimate of drug-likeness (QED) is 0.812. The Hall–Kier alpha value is -2.15. The molecule has 4 rings (SSSR count). The fourth-order valence-electron chi connectivity index (χ4n) is 4.13. The van der Waals surface area contributed by atoms with Crippen molar-refractivity contribution in [2.45, 2.75) is 32.6 Å². The van der Waals surface area contributed by atoms with Crippen molar-refractivity contribution < 1.29 is 4.74 Å². The molecule has 3 heterocycles. The molecule has 2 aromatic rings. The first-order valence-corrected chi connectivity index (χ1v) is 9.93. The first-order chi connectivity index (χ1) is 13.1. The van der Waals surface area contributed by atoms with Gasteiger partial charge in [0.25, 0.3) is 0 Å². The van der Waals surface area contributed by atoms with E-state index in [1.165, 1.54) is 19.3 Å². The summed E-state index contributed by atoms with van der Waals surface area (Å²) in [5.41, 5.74) is 6.49. The maximum atomic E-state index is 5.87. The minimum atomic E-state index is 0.269. The predicted octanol–water partition coefficient (Wildman–Crippen LogP) is 3.13. The first-order valence-electron chi connectivity index (χ1n) is 9.55. The third-order valence-corrected chi connectivity index (χ3v) is 5.79. The van der Waals surface area contributed by atoms with Gasteiger partial charge in [0, 0.05) is 24.8 Å². The highest BCUT2D eigenvalue weighted by Crippen LogP contribution is 2.49. The van der Waals surface area contributed by atoms with Crippen LogP contribution in [-0.4, -0.2) is 39.6 Å². The Morgan fingerprint density at radius 3 is 2.67 bits per heavy atom. The summed E-state index contributed by atoms with van der Waals surface area (Å²) in [5, 5.41) is 0.580. The number of aromatic nitrogens is 4. The molecule has 0 bridgehead atoms. The van der Waals surface area contributed by atoms with E-state index in [1.54, 1.807) is 12.4 Å². The minimum absolute atomic E-state index is 0.269. The van der Waals surface area contributed by atoms with Crippen LogP contribution in [0.5, 0.6) is 5.88 Å². The second kappa shape index (κ2) is 7.84. The van der Waals surface area contributed by atoms with Gasteiger partial charge in [-0.05, 0) is 50.4 Å². The van der Waals surface area contributed by atoms with Crippen molar-refractivity contribution in [1.29, 1.82) is 0 Å². The Balaban J connectivity index is 1.19. The molecule has 0 aromatic carbocycles. The predicted molar refractivity (Wildman–Crippen MR) is 105 cm³/mol. The lowest BCUT2D eigenvalue weighted by Gasteiger charge is -2.32. The zero-order valence-corrected chi connectivity index (χ0v) is 16.3. The zero-order chi connectivity index (χ0) is 18.8. The van der Waals surface area contributed by atoms with Gasteiger partial charge in [0.05, 0.1) is 24.0 Å². The minimum Gasteiger partial charge on any atom is -0.478 e. The van der Waals surface area contributed by atoms with Gasteiger partial charge >= 0.3 is 0 Å². The van der Waals surface area contributed by atoms with Gasteiger partial charge < -0.3 is 15.4 Å². The third-order valence-electron chi connectivity index (χ3n) is 5.60. The topological polar surface area (TPSA) is 90.0 Å². The summed E-state index contributed by atoms with van der Waals surface area (Å²) in [7, 11) is 0. The molecule has 0 radical (unpaired) electrons. The van der Waals surface area contributed by atoms with E-state index in [0.717, 1.165) is 48.9 Å². The van der Waals surface area contributed by atoms with Gasteiger partial charge in [-0.2, -0.15) is 4.98 Å². The van der Waals surface area contributed by atoms with Crippen LogP contribution in [0.25, 0.3) is 0 Å². The molecule has 144 valence electrons. The van der Waals surface area contributed by atoms with E-state index in [-0.39, 0.29) is 5.95 Å². The SMILES string of the molecule is Cc1cc(OCCC2CC2C2CCN(c3ncc(Cl)cn3)CC2)nc(N)n1. The molecule has 27 heavy (non-hydrogen) atoms. The fourth-order valence-corrected chi connectivity index (χ4v) is 4.22. The Kier molecular flexibility index (Phi) is 5.29. The number of piperidine rings is 1. The molecule has 2 atom stereocenters. The summed E-state index contributed by atoms with van der Waals surface area (Å²) in [5.74, 6) is 4.04. The highest BCUT2D eigenvalue weighted by atomic mass is 35.5. The van der Waals surface area contributed by atoms with E-state index in [2.05, 4.69) is 24.8 Å². The third kappa shape index (κ3) is 4.58. The maximum absolute atomic E-state index is 5.87. The van der Waals surface area contributed by atoms with Gasteiger partial charge in [0.1, 0.15) is 0 Å². The first kappa shape index (κ1) is 18.2. The molecule has 7 nitrogen and oxygen atoms in total. The standard InChI is InChI=1S/C19H25ClN6O/c1-12-8-17(25-18(21)24-12)27-7-4-14-9-16(14)13-2-5-26(6-3-13)19-22-10-15(20)11-23-19/h8,10-11,13-14,16H,2-7,9H2,1H3,(H2,21,24,25). The smallest absolute Gasteiger partial charge is 0.225 e. The molecule has 1 aliphatic heterocycles. The average molecular weight is 389 g/mol. The summed E-state index contributed by atoms with van der Waals surface area (Å²) >= 11 is 5.87. The van der Waals surface area contributed by atoms with Crippen LogP contribution in [0.4, 0.5) is 11.9 Å². The summed E-state index contributed by atoms with van der Waals surface area (Å²) in [6.45, 7) is 4.62. The molecule has 1 saturated heterocycles. The number of nitrogens with zero attached hydrogens (tertiary/aromatic N) is 5. The zero-order valence-electron chi connectivity index (χ0n) is 15.5. The van der Waals surface area contributed by atoms with Gasteiger partial charge in [-0.3, -0.25) is 0 Å². The van der Waals surface area contributed by atoms with Crippen LogP contribution in [0.2, 0.25) is 5.02 Å². The van der Waals surface area contributed by atoms with Gasteiger partial charge in [0.15, 0.2) is 0 Å². The molecule has 8 heteroatoms. The molecule has 1 saturated carbocycles. The van der Waals surface area contributed by atoms with Gasteiger partial charge in [-0.25, -0.2) is 15.0 Å². The second-order valence-corrected chi connectivity index (χ2v) is 7.96. The van der Waals surface area contributed by atoms with E-state index >= 15 is 0 Å². The van der Waals surface area contributed by atoms with Crippen LogP contribution >= 0.6 is 11.6 Å². The summed E-state index contributed by atoms with van der Waals surface area (Å²) in [4.78, 5) is 19.1. The number of ether oxygens (including phenoxy) is 1. The van der Waals surface area contributed by atoms with Gasteiger partial charge in [-0.15, -0.1) is 0 Å². The van der Waals surface area contributed by atoms with Crippen LogP contribution in [0.15, 0.2) is 18.5 Å². The van der Waals surface area contributed by atoms with Crippen molar-refractivity contribution >= 4 is 23.5 Å². The molecular formula is C19H25ClN6O. The lowest BCUT2D eigenvalue weighted by molar-refractivity contribution is 0.276. The van der Waals surface area contributed by atoms with Crippen LogP contribution < -0.4 is 15.4 Å². The van der Waals surface area contributed by atoms with Crippen molar-refractivity contribution in [3.63, 3.8) is 0 Å². The Morgan fingerprint density at radius 1 is 1.22 bits per heavy atom. The lowest BCUT2D eigenvalue weighted by Crippen LogP contribution is -2.35. The Morgan fingerprint density at radius 2 is 1.96 bits per heavy atom. The molecule has 0 amide bonds. The summed E-state index contributed by atoms with van der Waals surface area (Å²) < 4.78 is 5.77. The monoisotopic (exact) mass is 388 g/mol. The van der Waals surface area contributed by atoms with Crippen LogP contribution in [-0.2, 0) is 0 Å². The van der Waals surface area contributed by atoms with E-state index in [4.69, 9.17) is 22.1 Å². The Labute approximate surface area is 164 Å². The van der Waals surface area contributed by atoms with Crippen LogP contribution in [0.1, 0.15) is 31.4 Å².